The summed E-state index contributed by atoms with van der Waals surface area (Å²) in [7, 11) is 0. The number of carbonyl (C=O) groups is 2. The molecule has 0 spiro atoms. The van der Waals surface area contributed by atoms with Crippen LogP contribution in [0.4, 0.5) is 8.78 Å². The predicted molar refractivity (Wildman–Crippen MR) is 138 cm³/mol. The zero-order valence-electron chi connectivity index (χ0n) is 22.5. The summed E-state index contributed by atoms with van der Waals surface area (Å²) in [6.45, 7) is 16.5. The van der Waals surface area contributed by atoms with E-state index in [4.69, 9.17) is 4.79 Å². The molecule has 1 aromatic carbocycles. The molecule has 36 heavy (non-hydrogen) atoms. The summed E-state index contributed by atoms with van der Waals surface area (Å²) >= 11 is 0. The summed E-state index contributed by atoms with van der Waals surface area (Å²) in [5.41, 5.74) is 7.01. The number of primary amides is 1. The second kappa shape index (κ2) is 12.9. The van der Waals surface area contributed by atoms with E-state index in [0.717, 1.165) is 69.4 Å². The van der Waals surface area contributed by atoms with E-state index in [0.29, 0.717) is 22.8 Å². The van der Waals surface area contributed by atoms with E-state index in [2.05, 4.69) is 47.9 Å². The largest absolute Gasteiger partial charge is 0.372 e. The van der Waals surface area contributed by atoms with E-state index < -0.39 is 11.6 Å². The van der Waals surface area contributed by atoms with E-state index in [-0.39, 0.29) is 12.3 Å². The molecule has 2 aliphatic rings. The first-order valence-corrected chi connectivity index (χ1v) is 12.5. The third kappa shape index (κ3) is 8.40. The van der Waals surface area contributed by atoms with Crippen molar-refractivity contribution in [3.05, 3.63) is 41.2 Å². The summed E-state index contributed by atoms with van der Waals surface area (Å²) in [6.07, 6.45) is 3.16. The van der Waals surface area contributed by atoms with Gasteiger partial charge >= 0.3 is 0 Å². The Kier molecular flexibility index (Phi) is 10.6. The Balaban J connectivity index is 0.000000501. The van der Waals surface area contributed by atoms with Gasteiger partial charge in [-0.1, -0.05) is 27.7 Å². The molecule has 0 bridgehead atoms. The van der Waals surface area contributed by atoms with Crippen LogP contribution >= 0.6 is 0 Å². The van der Waals surface area contributed by atoms with Crippen LogP contribution in [0.15, 0.2) is 18.2 Å². The summed E-state index contributed by atoms with van der Waals surface area (Å²) < 4.78 is 29.8. The smallest absolute Gasteiger partial charge is 0.219 e. The molecule has 4 rings (SSSR count). The Morgan fingerprint density at radius 2 is 1.69 bits per heavy atom. The zero-order valence-corrected chi connectivity index (χ0v) is 22.5. The van der Waals surface area contributed by atoms with Gasteiger partial charge in [-0.05, 0) is 43.7 Å². The second-order valence-corrected chi connectivity index (χ2v) is 10.9. The molecule has 0 atom stereocenters. The average Bonchev–Trinajstić information content (AvgIpc) is 2.94. The van der Waals surface area contributed by atoms with Gasteiger partial charge in [-0.15, -0.1) is 0 Å². The molecule has 1 saturated heterocycles. The lowest BCUT2D eigenvalue weighted by atomic mass is 10.0. The van der Waals surface area contributed by atoms with E-state index >= 15 is 0 Å². The van der Waals surface area contributed by atoms with Gasteiger partial charge in [0.2, 0.25) is 12.3 Å². The first-order chi connectivity index (χ1) is 16.8. The first-order valence-electron chi connectivity index (χ1n) is 12.5. The highest BCUT2D eigenvalue weighted by Gasteiger charge is 2.29. The van der Waals surface area contributed by atoms with Gasteiger partial charge < -0.3 is 15.2 Å². The second-order valence-electron chi connectivity index (χ2n) is 10.9. The maximum absolute atomic E-state index is 14.4. The number of nitrogens with zero attached hydrogens (tertiary/aromatic N) is 4. The Morgan fingerprint density at radius 1 is 1.11 bits per heavy atom. The van der Waals surface area contributed by atoms with Gasteiger partial charge in [0.1, 0.15) is 17.5 Å². The van der Waals surface area contributed by atoms with Crippen molar-refractivity contribution < 1.29 is 18.4 Å². The molecule has 2 aliphatic heterocycles. The number of nitrogens with two attached hydrogens (primary N) is 1. The number of amides is 2. The first kappa shape index (κ1) is 29.4. The molecule has 0 radical (unpaired) electrons. The van der Waals surface area contributed by atoms with Gasteiger partial charge in [-0.2, -0.15) is 0 Å². The van der Waals surface area contributed by atoms with Gasteiger partial charge in [-0.25, -0.2) is 13.8 Å². The lowest BCUT2D eigenvalue weighted by Gasteiger charge is -2.37. The summed E-state index contributed by atoms with van der Waals surface area (Å²) in [4.78, 5) is 29.2. The minimum absolute atomic E-state index is 0.147. The summed E-state index contributed by atoms with van der Waals surface area (Å²) in [5, 5.41) is 0. The molecule has 3 heterocycles. The van der Waals surface area contributed by atoms with Crippen LogP contribution in [-0.2, 0) is 22.7 Å². The van der Waals surface area contributed by atoms with Gasteiger partial charge in [-0.3, -0.25) is 14.5 Å². The molecule has 0 saturated carbocycles. The fraction of sp³-hybridized carbons (Fsp3) is 0.593. The normalized spacial score (nSPS) is 16.6. The van der Waals surface area contributed by atoms with E-state index in [9.17, 15) is 13.6 Å². The molecule has 2 amide bonds. The van der Waals surface area contributed by atoms with E-state index in [1.54, 1.807) is 6.92 Å². The fourth-order valence-corrected chi connectivity index (χ4v) is 4.48. The van der Waals surface area contributed by atoms with E-state index in [1.165, 1.54) is 12.1 Å². The van der Waals surface area contributed by atoms with E-state index in [1.807, 2.05) is 11.8 Å². The number of carbonyl (C=O) groups excluding carboxylic acids is 2. The van der Waals surface area contributed by atoms with Gasteiger partial charge in [0, 0.05) is 51.8 Å². The van der Waals surface area contributed by atoms with Crippen molar-refractivity contribution in [1.29, 1.82) is 0 Å². The van der Waals surface area contributed by atoms with Crippen LogP contribution in [0.1, 0.15) is 65.3 Å². The molecule has 1 fully saturated rings. The zero-order chi connectivity index (χ0) is 27.0. The molecular weight excluding hydrogens is 464 g/mol. The molecule has 2 aromatic rings. The topological polar surface area (TPSA) is 84.5 Å². The number of hydrogen-bond donors (Lipinski definition) is 1. The highest BCUT2D eigenvalue weighted by molar-refractivity contribution is 5.73. The lowest BCUT2D eigenvalue weighted by Crippen LogP contribution is -2.46. The van der Waals surface area contributed by atoms with Crippen LogP contribution in [0.5, 0.6) is 0 Å². The van der Waals surface area contributed by atoms with Crippen molar-refractivity contribution in [3.8, 4) is 11.4 Å². The van der Waals surface area contributed by atoms with Crippen LogP contribution in [-0.4, -0.2) is 57.3 Å². The average molecular weight is 506 g/mol. The summed E-state index contributed by atoms with van der Waals surface area (Å²) in [6, 6.07) is 4.11. The molecule has 9 heteroatoms. The number of rotatable bonds is 2. The van der Waals surface area contributed by atoms with Gasteiger partial charge in [0.15, 0.2) is 0 Å². The monoisotopic (exact) mass is 505 g/mol. The summed E-state index contributed by atoms with van der Waals surface area (Å²) in [5.74, 6) is -0.429. The molecule has 2 N–H and O–H groups in total. The lowest BCUT2D eigenvalue weighted by molar-refractivity contribution is -0.130. The van der Waals surface area contributed by atoms with Gasteiger partial charge in [0.25, 0.3) is 0 Å². The molecule has 200 valence electrons. The minimum atomic E-state index is -0.580. The highest BCUT2D eigenvalue weighted by Crippen LogP contribution is 2.30. The van der Waals surface area contributed by atoms with Crippen LogP contribution < -0.4 is 5.73 Å². The van der Waals surface area contributed by atoms with Crippen molar-refractivity contribution >= 4 is 12.3 Å². The molecule has 7 nitrogen and oxygen atoms in total. The number of halogens is 2. The van der Waals surface area contributed by atoms with Crippen molar-refractivity contribution in [1.82, 2.24) is 19.4 Å². The third-order valence-electron chi connectivity index (χ3n) is 6.05. The third-order valence-corrected chi connectivity index (χ3v) is 6.05. The SMILES string of the molecule is CC(=O)N1CCC(N2CCCn3c(-c4ccc(F)cc4F)nc(C)c3C2)CC1.CC(C)(C)C.NC=O. The number of imidazole rings is 1. The Labute approximate surface area is 213 Å². The molecule has 0 aliphatic carbocycles. The number of aryl methyl sites for hydroxylation is 1. The number of likely N-dealkylation sites (tertiary alicyclic amines) is 1. The number of piperidine rings is 1. The number of aromatic nitrogens is 2. The standard InChI is InChI=1S/C21H26F2N4O.C5H12.CH3NO/c1-14-20-13-26(17-6-10-25(11-7-17)15(2)28)8-3-9-27(20)21(24-14)18-5-4-16(22)12-19(18)23;1-5(2,3)4;2-1-3/h4-5,12,17H,3,6-11,13H2,1-2H3;1-4H3;1H,(H2,2,3). The Morgan fingerprint density at radius 3 is 2.22 bits per heavy atom. The van der Waals surface area contributed by atoms with Crippen molar-refractivity contribution in [3.63, 3.8) is 0 Å². The Hall–Kier alpha value is -2.81. The maximum Gasteiger partial charge on any atom is 0.219 e. The predicted octanol–water partition coefficient (Wildman–Crippen LogP) is 4.51. The number of fused-ring (bicyclic) bond motifs is 1. The van der Waals surface area contributed by atoms with Crippen LogP contribution in [0, 0.1) is 24.0 Å². The van der Waals surface area contributed by atoms with Crippen LogP contribution in [0.25, 0.3) is 11.4 Å². The molecular formula is C27H41F2N5O2. The molecule has 1 aromatic heterocycles. The highest BCUT2D eigenvalue weighted by atomic mass is 19.1. The maximum atomic E-state index is 14.4. The Bertz CT molecular complexity index is 1020. The van der Waals surface area contributed by atoms with Crippen molar-refractivity contribution in [2.75, 3.05) is 19.6 Å². The molecule has 0 unspecified atom stereocenters. The quantitative estimate of drug-likeness (QED) is 0.609. The minimum Gasteiger partial charge on any atom is -0.372 e. The van der Waals surface area contributed by atoms with Crippen molar-refractivity contribution in [2.24, 2.45) is 11.1 Å². The fourth-order valence-electron chi connectivity index (χ4n) is 4.48. The number of hydrogen-bond acceptors (Lipinski definition) is 4. The van der Waals surface area contributed by atoms with Crippen LogP contribution in [0.3, 0.4) is 0 Å². The van der Waals surface area contributed by atoms with Crippen molar-refractivity contribution in [2.45, 2.75) is 79.9 Å². The number of benzene rings is 1. The van der Waals surface area contributed by atoms with Crippen LogP contribution in [0.2, 0.25) is 0 Å². The van der Waals surface area contributed by atoms with Gasteiger partial charge in [0.05, 0.1) is 17.0 Å².